The Morgan fingerprint density at radius 3 is 2.84 bits per heavy atom. The summed E-state index contributed by atoms with van der Waals surface area (Å²) in [5, 5.41) is 10.3. The maximum Gasteiger partial charge on any atom is 0.296 e. The Labute approximate surface area is 114 Å². The summed E-state index contributed by atoms with van der Waals surface area (Å²) in [6, 6.07) is 9.79. The molecule has 5 nitrogen and oxygen atoms in total. The van der Waals surface area contributed by atoms with Crippen LogP contribution < -0.4 is 5.56 Å². The molecule has 0 spiro atoms. The maximum absolute atomic E-state index is 11.7. The lowest BCUT2D eigenvalue weighted by molar-refractivity contribution is 0.721. The maximum atomic E-state index is 11.7. The van der Waals surface area contributed by atoms with Crippen molar-refractivity contribution in [2.45, 2.75) is 6.92 Å². The molecule has 1 aromatic carbocycles. The van der Waals surface area contributed by atoms with Gasteiger partial charge in [-0.3, -0.25) is 9.89 Å². The summed E-state index contributed by atoms with van der Waals surface area (Å²) in [5.41, 5.74) is 1.04. The molecule has 1 heterocycles. The third kappa shape index (κ3) is 3.32. The lowest BCUT2D eigenvalue weighted by atomic mass is 10.2. The minimum Gasteiger partial charge on any atom is -0.265 e. The molecule has 1 aromatic heterocycles. The van der Waals surface area contributed by atoms with Crippen LogP contribution in [-0.2, 0) is 0 Å². The van der Waals surface area contributed by atoms with Crippen molar-refractivity contribution in [2.24, 2.45) is 5.10 Å². The Kier molecular flexibility index (Phi) is 4.15. The first-order valence-electron chi connectivity index (χ1n) is 5.63. The molecule has 2 rings (SSSR count). The van der Waals surface area contributed by atoms with Gasteiger partial charge in [-0.05, 0) is 30.8 Å². The largest absolute Gasteiger partial charge is 0.296 e. The fourth-order valence-electron chi connectivity index (χ4n) is 1.40. The van der Waals surface area contributed by atoms with Crippen molar-refractivity contribution in [3.63, 3.8) is 0 Å². The van der Waals surface area contributed by atoms with Crippen LogP contribution in [0.2, 0.25) is 0 Å². The van der Waals surface area contributed by atoms with E-state index in [1.165, 1.54) is 6.21 Å². The topological polar surface area (TPSA) is 63.0 Å². The number of benzene rings is 1. The summed E-state index contributed by atoms with van der Waals surface area (Å²) in [7, 11) is 0. The molecule has 0 aliphatic carbocycles. The van der Waals surface area contributed by atoms with Crippen molar-refractivity contribution >= 4 is 24.5 Å². The van der Waals surface area contributed by atoms with Crippen LogP contribution in [0.3, 0.4) is 0 Å². The standard InChI is InChI=1S/C13H12N4OS/c1-10-12(18)17(13(19)16-15-10)14-9-5-8-11-6-3-2-4-7-11/h2-9H,1H3,(H,16,19). The van der Waals surface area contributed by atoms with E-state index in [1.54, 1.807) is 13.0 Å². The minimum atomic E-state index is -0.326. The SMILES string of the molecule is Cc1n[nH]c(=S)n(N=CC=Cc2ccccc2)c1=O. The molecule has 19 heavy (non-hydrogen) atoms. The van der Waals surface area contributed by atoms with Crippen molar-refractivity contribution in [1.82, 2.24) is 14.9 Å². The first-order valence-corrected chi connectivity index (χ1v) is 6.04. The Morgan fingerprint density at radius 1 is 1.37 bits per heavy atom. The van der Waals surface area contributed by atoms with E-state index in [-0.39, 0.29) is 10.3 Å². The van der Waals surface area contributed by atoms with Gasteiger partial charge in [0.1, 0.15) is 5.69 Å². The number of aromatic amines is 1. The number of hydrogen-bond acceptors (Lipinski definition) is 4. The second-order valence-electron chi connectivity index (χ2n) is 3.77. The van der Waals surface area contributed by atoms with Gasteiger partial charge in [0.2, 0.25) is 4.77 Å². The van der Waals surface area contributed by atoms with Gasteiger partial charge < -0.3 is 0 Å². The van der Waals surface area contributed by atoms with Crippen LogP contribution in [0, 0.1) is 11.7 Å². The van der Waals surface area contributed by atoms with E-state index in [2.05, 4.69) is 15.3 Å². The van der Waals surface area contributed by atoms with Crippen LogP contribution in [0.25, 0.3) is 6.08 Å². The molecule has 0 unspecified atom stereocenters. The number of rotatable bonds is 3. The number of hydrogen-bond donors (Lipinski definition) is 1. The quantitative estimate of drug-likeness (QED) is 0.688. The van der Waals surface area contributed by atoms with E-state index < -0.39 is 0 Å². The average molecular weight is 272 g/mol. The molecule has 0 bridgehead atoms. The summed E-state index contributed by atoms with van der Waals surface area (Å²) in [5.74, 6) is 0. The van der Waals surface area contributed by atoms with E-state index in [0.717, 1.165) is 10.2 Å². The normalized spacial score (nSPS) is 11.4. The molecule has 0 atom stereocenters. The zero-order valence-electron chi connectivity index (χ0n) is 10.3. The van der Waals surface area contributed by atoms with Gasteiger partial charge in [0, 0.05) is 6.21 Å². The number of allylic oxidation sites excluding steroid dienone is 1. The number of nitrogens with one attached hydrogen (secondary N) is 1. The molecule has 0 radical (unpaired) electrons. The van der Waals surface area contributed by atoms with E-state index in [4.69, 9.17) is 12.2 Å². The molecule has 0 aliphatic heterocycles. The van der Waals surface area contributed by atoms with Crippen LogP contribution in [-0.4, -0.2) is 21.1 Å². The second kappa shape index (κ2) is 6.01. The minimum absolute atomic E-state index is 0.167. The van der Waals surface area contributed by atoms with Crippen molar-refractivity contribution in [1.29, 1.82) is 0 Å². The van der Waals surface area contributed by atoms with Crippen molar-refractivity contribution in [3.8, 4) is 0 Å². The summed E-state index contributed by atoms with van der Waals surface area (Å²) in [6.07, 6.45) is 5.14. The van der Waals surface area contributed by atoms with Crippen LogP contribution in [0.1, 0.15) is 11.3 Å². The van der Waals surface area contributed by atoms with Crippen molar-refractivity contribution in [2.75, 3.05) is 0 Å². The molecular formula is C13H12N4OS. The van der Waals surface area contributed by atoms with Gasteiger partial charge in [-0.1, -0.05) is 36.4 Å². The van der Waals surface area contributed by atoms with E-state index in [9.17, 15) is 4.79 Å². The van der Waals surface area contributed by atoms with Crippen LogP contribution >= 0.6 is 12.2 Å². The third-order valence-corrected chi connectivity index (χ3v) is 2.63. The van der Waals surface area contributed by atoms with Gasteiger partial charge in [0.05, 0.1) is 0 Å². The number of nitrogens with zero attached hydrogens (tertiary/aromatic N) is 3. The highest BCUT2D eigenvalue weighted by atomic mass is 32.1. The lowest BCUT2D eigenvalue weighted by Gasteiger charge is -1.97. The van der Waals surface area contributed by atoms with Crippen LogP contribution in [0.4, 0.5) is 0 Å². The number of aromatic nitrogens is 3. The molecule has 0 saturated carbocycles. The van der Waals surface area contributed by atoms with Gasteiger partial charge in [0.15, 0.2) is 0 Å². The third-order valence-electron chi connectivity index (χ3n) is 2.37. The molecule has 6 heteroatoms. The molecule has 1 N–H and O–H groups in total. The zero-order chi connectivity index (χ0) is 13.7. The molecule has 2 aromatic rings. The fraction of sp³-hybridized carbons (Fsp3) is 0.0769. The Hall–Kier alpha value is -2.34. The monoisotopic (exact) mass is 272 g/mol. The second-order valence-corrected chi connectivity index (χ2v) is 4.15. The smallest absolute Gasteiger partial charge is 0.265 e. The van der Waals surface area contributed by atoms with Gasteiger partial charge in [-0.15, -0.1) is 0 Å². The molecule has 96 valence electrons. The number of aryl methyl sites for hydroxylation is 1. The van der Waals surface area contributed by atoms with Gasteiger partial charge in [-0.2, -0.15) is 14.9 Å². The highest BCUT2D eigenvalue weighted by Gasteiger charge is 1.99. The van der Waals surface area contributed by atoms with Gasteiger partial charge >= 0.3 is 0 Å². The number of H-pyrrole nitrogens is 1. The lowest BCUT2D eigenvalue weighted by Crippen LogP contribution is -2.22. The first kappa shape index (κ1) is 13.1. The van der Waals surface area contributed by atoms with Crippen LogP contribution in [0.5, 0.6) is 0 Å². The van der Waals surface area contributed by atoms with E-state index >= 15 is 0 Å². The predicted molar refractivity (Wildman–Crippen MR) is 77.8 cm³/mol. The Bertz CT molecular complexity index is 728. The summed E-state index contributed by atoms with van der Waals surface area (Å²) >= 11 is 4.95. The fourth-order valence-corrected chi connectivity index (χ4v) is 1.58. The van der Waals surface area contributed by atoms with Gasteiger partial charge in [0.25, 0.3) is 5.56 Å². The van der Waals surface area contributed by atoms with E-state index in [0.29, 0.717) is 5.69 Å². The van der Waals surface area contributed by atoms with E-state index in [1.807, 2.05) is 36.4 Å². The first-order chi connectivity index (χ1) is 9.18. The highest BCUT2D eigenvalue weighted by molar-refractivity contribution is 7.71. The summed E-state index contributed by atoms with van der Waals surface area (Å²) in [6.45, 7) is 1.60. The Balaban J connectivity index is 2.21. The highest BCUT2D eigenvalue weighted by Crippen LogP contribution is 1.99. The predicted octanol–water partition coefficient (Wildman–Crippen LogP) is 2.16. The van der Waals surface area contributed by atoms with Crippen LogP contribution in [0.15, 0.2) is 46.3 Å². The molecule has 0 aliphatic rings. The van der Waals surface area contributed by atoms with Crippen molar-refractivity contribution in [3.05, 3.63) is 62.8 Å². The Morgan fingerprint density at radius 2 is 2.11 bits per heavy atom. The zero-order valence-corrected chi connectivity index (χ0v) is 11.1. The average Bonchev–Trinajstić information content (AvgIpc) is 2.43. The summed E-state index contributed by atoms with van der Waals surface area (Å²) in [4.78, 5) is 11.7. The van der Waals surface area contributed by atoms with Gasteiger partial charge in [-0.25, -0.2) is 0 Å². The molecular weight excluding hydrogens is 260 g/mol. The van der Waals surface area contributed by atoms with Crippen molar-refractivity contribution < 1.29 is 0 Å². The molecule has 0 fully saturated rings. The summed E-state index contributed by atoms with van der Waals surface area (Å²) < 4.78 is 1.27. The molecule has 0 saturated heterocycles. The molecule has 0 amide bonds.